The van der Waals surface area contributed by atoms with Gasteiger partial charge in [0.2, 0.25) is 5.96 Å². The average Bonchev–Trinajstić information content (AvgIpc) is 2.64. The van der Waals surface area contributed by atoms with Crippen molar-refractivity contribution in [3.63, 3.8) is 0 Å². The van der Waals surface area contributed by atoms with Crippen molar-refractivity contribution >= 4 is 33.3 Å². The molecule has 0 aromatic heterocycles. The molecule has 0 unspecified atom stereocenters. The van der Waals surface area contributed by atoms with E-state index < -0.39 is 10.0 Å². The molecule has 0 bridgehead atoms. The number of nitrogens with zero attached hydrogens (tertiary/aromatic N) is 1. The summed E-state index contributed by atoms with van der Waals surface area (Å²) in [7, 11) is -3.52. The summed E-state index contributed by atoms with van der Waals surface area (Å²) in [5, 5.41) is 6.95. The smallest absolute Gasteiger partial charge is 0.253 e. The zero-order valence-corrected chi connectivity index (χ0v) is 16.8. The van der Waals surface area contributed by atoms with Crippen LogP contribution >= 0.6 is 11.6 Å². The van der Waals surface area contributed by atoms with Gasteiger partial charge in [0.1, 0.15) is 0 Å². The zero-order chi connectivity index (χ0) is 19.3. The van der Waals surface area contributed by atoms with Gasteiger partial charge in [-0.2, -0.15) is 0 Å². The molecule has 3 rings (SSSR count). The van der Waals surface area contributed by atoms with Crippen LogP contribution in [0.15, 0.2) is 59.0 Å². The number of rotatable bonds is 4. The highest BCUT2D eigenvalue weighted by atomic mass is 35.5. The Morgan fingerprint density at radius 3 is 2.22 bits per heavy atom. The molecular formula is C20H24ClN3O2S. The molecule has 27 heavy (non-hydrogen) atoms. The molecule has 0 radical (unpaired) electrons. The number of nitrogens with one attached hydrogen (secondary N) is 2. The molecule has 1 saturated carbocycles. The van der Waals surface area contributed by atoms with Gasteiger partial charge in [-0.25, -0.2) is 8.42 Å². The lowest BCUT2D eigenvalue weighted by molar-refractivity contribution is 0.373. The van der Waals surface area contributed by atoms with Crippen molar-refractivity contribution < 1.29 is 8.42 Å². The van der Waals surface area contributed by atoms with Gasteiger partial charge in [0.15, 0.2) is 0 Å². The minimum Gasteiger partial charge on any atom is -0.352 e. The van der Waals surface area contributed by atoms with E-state index in [9.17, 15) is 8.42 Å². The molecule has 1 fully saturated rings. The Hall–Kier alpha value is -2.05. The standard InChI is InChI=1S/C20H24ClN3O2S/c1-27(25,26)24-20(23-19-13-9-17(21)10-14-19)22-18-11-7-16(8-12-18)15-5-3-2-4-6-15/h2-6,9-10,13-14,16,18H,7-8,11-12H2,1H3,(H2,22,23,24). The Kier molecular flexibility index (Phi) is 6.39. The summed E-state index contributed by atoms with van der Waals surface area (Å²) in [6.45, 7) is 0. The van der Waals surface area contributed by atoms with E-state index in [1.54, 1.807) is 24.3 Å². The zero-order valence-electron chi connectivity index (χ0n) is 15.2. The molecule has 144 valence electrons. The summed E-state index contributed by atoms with van der Waals surface area (Å²) in [6.07, 6.45) is 5.14. The fourth-order valence-corrected chi connectivity index (χ4v) is 3.97. The second kappa shape index (κ2) is 8.76. The quantitative estimate of drug-likeness (QED) is 0.584. The predicted octanol–water partition coefficient (Wildman–Crippen LogP) is 4.38. The number of hydrogen-bond acceptors (Lipinski definition) is 2. The molecule has 2 N–H and O–H groups in total. The van der Waals surface area contributed by atoms with Crippen LogP contribution in [0.25, 0.3) is 0 Å². The second-order valence-corrected chi connectivity index (χ2v) is 8.99. The molecule has 5 nitrogen and oxygen atoms in total. The van der Waals surface area contributed by atoms with Gasteiger partial charge in [0.25, 0.3) is 10.0 Å². The van der Waals surface area contributed by atoms with Gasteiger partial charge in [-0.15, -0.1) is 4.40 Å². The molecule has 0 heterocycles. The molecule has 0 amide bonds. The fraction of sp³-hybridized carbons (Fsp3) is 0.350. The normalized spacial score (nSPS) is 20.9. The predicted molar refractivity (Wildman–Crippen MR) is 112 cm³/mol. The number of sulfonamides is 1. The van der Waals surface area contributed by atoms with Crippen LogP contribution < -0.4 is 10.6 Å². The lowest BCUT2D eigenvalue weighted by Gasteiger charge is -2.30. The van der Waals surface area contributed by atoms with Crippen molar-refractivity contribution in [2.75, 3.05) is 11.6 Å². The van der Waals surface area contributed by atoms with E-state index in [0.29, 0.717) is 10.9 Å². The van der Waals surface area contributed by atoms with Crippen molar-refractivity contribution in [2.45, 2.75) is 37.6 Å². The van der Waals surface area contributed by atoms with E-state index >= 15 is 0 Å². The highest BCUT2D eigenvalue weighted by Gasteiger charge is 2.23. The number of benzene rings is 2. The lowest BCUT2D eigenvalue weighted by Crippen LogP contribution is -2.41. The number of guanidine groups is 1. The Morgan fingerprint density at radius 1 is 1.00 bits per heavy atom. The van der Waals surface area contributed by atoms with E-state index in [4.69, 9.17) is 11.6 Å². The van der Waals surface area contributed by atoms with Gasteiger partial charge in [-0.1, -0.05) is 41.9 Å². The first-order chi connectivity index (χ1) is 12.9. The minimum absolute atomic E-state index is 0.185. The van der Waals surface area contributed by atoms with E-state index in [1.165, 1.54) is 5.56 Å². The van der Waals surface area contributed by atoms with E-state index in [-0.39, 0.29) is 12.0 Å². The maximum Gasteiger partial charge on any atom is 0.253 e. The lowest BCUT2D eigenvalue weighted by atomic mass is 9.82. The third-order valence-corrected chi connectivity index (χ3v) is 5.47. The first-order valence-corrected chi connectivity index (χ1v) is 11.3. The Bertz CT molecular complexity index is 875. The van der Waals surface area contributed by atoms with Crippen LogP contribution in [0.5, 0.6) is 0 Å². The minimum atomic E-state index is -3.52. The first kappa shape index (κ1) is 19.7. The third-order valence-electron chi connectivity index (χ3n) is 4.70. The maximum atomic E-state index is 11.7. The summed E-state index contributed by atoms with van der Waals surface area (Å²) < 4.78 is 27.2. The highest BCUT2D eigenvalue weighted by Crippen LogP contribution is 2.32. The van der Waals surface area contributed by atoms with Crippen LogP contribution in [0.2, 0.25) is 5.02 Å². The van der Waals surface area contributed by atoms with Crippen molar-refractivity contribution in [1.82, 2.24) is 5.32 Å². The van der Waals surface area contributed by atoms with Crippen LogP contribution in [-0.4, -0.2) is 26.7 Å². The Labute approximate surface area is 165 Å². The molecule has 0 saturated heterocycles. The van der Waals surface area contributed by atoms with Gasteiger partial charge in [0.05, 0.1) is 6.26 Å². The summed E-state index contributed by atoms with van der Waals surface area (Å²) in [5.74, 6) is 0.812. The molecule has 7 heteroatoms. The van der Waals surface area contributed by atoms with Gasteiger partial charge in [-0.05, 0) is 61.4 Å². The summed E-state index contributed by atoms with van der Waals surface area (Å²) in [4.78, 5) is 0. The van der Waals surface area contributed by atoms with Crippen LogP contribution in [0, 0.1) is 0 Å². The van der Waals surface area contributed by atoms with Gasteiger partial charge >= 0.3 is 0 Å². The van der Waals surface area contributed by atoms with Gasteiger partial charge in [0, 0.05) is 16.8 Å². The number of anilines is 1. The highest BCUT2D eigenvalue weighted by molar-refractivity contribution is 7.89. The molecule has 1 aliphatic carbocycles. The van der Waals surface area contributed by atoms with Crippen LogP contribution in [0.3, 0.4) is 0 Å². The Morgan fingerprint density at radius 2 is 1.63 bits per heavy atom. The average molecular weight is 406 g/mol. The number of hydrogen-bond donors (Lipinski definition) is 2. The maximum absolute atomic E-state index is 11.7. The van der Waals surface area contributed by atoms with E-state index in [1.807, 2.05) is 6.07 Å². The Balaban J connectivity index is 1.64. The monoisotopic (exact) mass is 405 g/mol. The van der Waals surface area contributed by atoms with Gasteiger partial charge in [-0.3, -0.25) is 0 Å². The van der Waals surface area contributed by atoms with Crippen LogP contribution in [0.4, 0.5) is 5.69 Å². The second-order valence-electron chi connectivity index (χ2n) is 6.91. The van der Waals surface area contributed by atoms with Crippen LogP contribution in [-0.2, 0) is 10.0 Å². The topological polar surface area (TPSA) is 70.6 Å². The number of halogens is 1. The van der Waals surface area contributed by atoms with Crippen molar-refractivity contribution in [2.24, 2.45) is 4.40 Å². The molecular weight excluding hydrogens is 382 g/mol. The summed E-state index contributed by atoms with van der Waals surface area (Å²) in [6, 6.07) is 17.8. The van der Waals surface area contributed by atoms with Crippen molar-refractivity contribution in [3.8, 4) is 0 Å². The molecule has 0 spiro atoms. The molecule has 1 aliphatic rings. The van der Waals surface area contributed by atoms with Crippen LogP contribution in [0.1, 0.15) is 37.2 Å². The van der Waals surface area contributed by atoms with Crippen molar-refractivity contribution in [1.29, 1.82) is 0 Å². The first-order valence-electron chi connectivity index (χ1n) is 9.03. The SMILES string of the molecule is CS(=O)(=O)/N=C(\Nc1ccc(Cl)cc1)NC1CCC(c2ccccc2)CC1. The molecule has 2 aromatic rings. The van der Waals surface area contributed by atoms with E-state index in [0.717, 1.165) is 37.6 Å². The largest absolute Gasteiger partial charge is 0.352 e. The van der Waals surface area contributed by atoms with Crippen molar-refractivity contribution in [3.05, 3.63) is 65.2 Å². The fourth-order valence-electron chi connectivity index (χ4n) is 3.41. The summed E-state index contributed by atoms with van der Waals surface area (Å²) in [5.41, 5.74) is 2.10. The summed E-state index contributed by atoms with van der Waals surface area (Å²) >= 11 is 5.90. The molecule has 2 aromatic carbocycles. The van der Waals surface area contributed by atoms with E-state index in [2.05, 4.69) is 39.3 Å². The third kappa shape index (κ3) is 6.26. The molecule has 0 aliphatic heterocycles. The van der Waals surface area contributed by atoms with Gasteiger partial charge < -0.3 is 10.6 Å². The molecule has 0 atom stereocenters.